The van der Waals surface area contributed by atoms with Crippen LogP contribution in [0.2, 0.25) is 5.02 Å². The molecule has 2 heterocycles. The summed E-state index contributed by atoms with van der Waals surface area (Å²) in [7, 11) is 0. The van der Waals surface area contributed by atoms with Crippen LogP contribution >= 0.6 is 11.6 Å². The summed E-state index contributed by atoms with van der Waals surface area (Å²) < 4.78 is 0. The molecule has 1 saturated heterocycles. The number of halogens is 1. The molecule has 0 saturated carbocycles. The number of nitrogen functional groups attached to an aromatic ring is 1. The fraction of sp³-hybridized carbons (Fsp3) is 0.222. The quantitative estimate of drug-likeness (QED) is 0.700. The van der Waals surface area contributed by atoms with Gasteiger partial charge in [-0.1, -0.05) is 23.7 Å². The van der Waals surface area contributed by atoms with E-state index in [1.54, 1.807) is 12.1 Å². The summed E-state index contributed by atoms with van der Waals surface area (Å²) in [4.78, 5) is 11.7. The topological polar surface area (TPSA) is 67.1 Å². The van der Waals surface area contributed by atoms with Crippen LogP contribution in [0, 0.1) is 0 Å². The molecular weight excluding hydrogens is 322 g/mol. The van der Waals surface area contributed by atoms with E-state index in [9.17, 15) is 0 Å². The Morgan fingerprint density at radius 3 is 2.62 bits per heavy atom. The van der Waals surface area contributed by atoms with Crippen LogP contribution in [-0.4, -0.2) is 23.1 Å². The van der Waals surface area contributed by atoms with Gasteiger partial charge in [-0.05, 0) is 43.2 Å². The van der Waals surface area contributed by atoms with Crippen molar-refractivity contribution in [3.8, 4) is 0 Å². The Morgan fingerprint density at radius 2 is 1.83 bits per heavy atom. The van der Waals surface area contributed by atoms with Gasteiger partial charge in [0.1, 0.15) is 5.82 Å². The molecule has 0 bridgehead atoms. The maximum atomic E-state index is 5.98. The van der Waals surface area contributed by atoms with Crippen molar-refractivity contribution in [2.24, 2.45) is 0 Å². The van der Waals surface area contributed by atoms with E-state index < -0.39 is 0 Å². The van der Waals surface area contributed by atoms with Crippen LogP contribution in [-0.2, 0) is 0 Å². The van der Waals surface area contributed by atoms with Gasteiger partial charge in [-0.2, -0.15) is 4.98 Å². The highest BCUT2D eigenvalue weighted by molar-refractivity contribution is 6.33. The molecule has 122 valence electrons. The number of nitrogens with one attached hydrogen (secondary N) is 1. The molecule has 24 heavy (non-hydrogen) atoms. The third-order valence-electron chi connectivity index (χ3n) is 4.24. The third kappa shape index (κ3) is 2.83. The van der Waals surface area contributed by atoms with Gasteiger partial charge in [-0.15, -0.1) is 0 Å². The number of nitrogens with zero attached hydrogens (tertiary/aromatic N) is 3. The van der Waals surface area contributed by atoms with Gasteiger partial charge in [0.05, 0.1) is 16.2 Å². The van der Waals surface area contributed by atoms with E-state index >= 15 is 0 Å². The van der Waals surface area contributed by atoms with Crippen LogP contribution in [0.4, 0.5) is 23.1 Å². The van der Waals surface area contributed by atoms with Crippen molar-refractivity contribution < 1.29 is 0 Å². The number of hydrogen-bond acceptors (Lipinski definition) is 5. The minimum Gasteiger partial charge on any atom is -0.397 e. The van der Waals surface area contributed by atoms with E-state index in [1.165, 1.54) is 12.8 Å². The Hall–Kier alpha value is -2.53. The zero-order valence-electron chi connectivity index (χ0n) is 13.2. The number of benzene rings is 2. The van der Waals surface area contributed by atoms with Crippen LogP contribution < -0.4 is 16.0 Å². The lowest BCUT2D eigenvalue weighted by Gasteiger charge is -2.19. The summed E-state index contributed by atoms with van der Waals surface area (Å²) in [5.41, 5.74) is 8.15. The molecule has 0 amide bonds. The number of fused-ring (bicyclic) bond motifs is 1. The van der Waals surface area contributed by atoms with Crippen LogP contribution in [0.3, 0.4) is 0 Å². The van der Waals surface area contributed by atoms with Crippen molar-refractivity contribution >= 4 is 45.6 Å². The second kappa shape index (κ2) is 6.17. The van der Waals surface area contributed by atoms with Gasteiger partial charge in [0.25, 0.3) is 0 Å². The van der Waals surface area contributed by atoms with E-state index in [1.807, 2.05) is 24.3 Å². The first kappa shape index (κ1) is 15.0. The normalized spacial score (nSPS) is 14.3. The van der Waals surface area contributed by atoms with Crippen molar-refractivity contribution in [1.82, 2.24) is 9.97 Å². The fourth-order valence-corrected chi connectivity index (χ4v) is 3.15. The standard InChI is InChI=1S/C18H18ClN5/c19-14-8-7-12(11-15(14)20)21-18-22-16-6-2-1-5-13(16)17(23-18)24-9-3-4-10-24/h1-2,5-8,11H,3-4,9-10,20H2,(H,21,22,23). The molecule has 1 aromatic heterocycles. The molecule has 6 heteroatoms. The monoisotopic (exact) mass is 339 g/mol. The van der Waals surface area contributed by atoms with Gasteiger partial charge < -0.3 is 16.0 Å². The maximum absolute atomic E-state index is 5.98. The second-order valence-corrected chi connectivity index (χ2v) is 6.35. The van der Waals surface area contributed by atoms with Crippen molar-refractivity contribution in [3.63, 3.8) is 0 Å². The van der Waals surface area contributed by atoms with Gasteiger partial charge in [-0.25, -0.2) is 4.98 Å². The summed E-state index contributed by atoms with van der Waals surface area (Å²) in [5.74, 6) is 1.56. The zero-order valence-corrected chi connectivity index (χ0v) is 13.9. The van der Waals surface area contributed by atoms with Crippen LogP contribution in [0.15, 0.2) is 42.5 Å². The summed E-state index contributed by atoms with van der Waals surface area (Å²) >= 11 is 5.98. The molecular formula is C18H18ClN5. The van der Waals surface area contributed by atoms with E-state index in [0.717, 1.165) is 35.5 Å². The molecule has 1 aliphatic rings. The average molecular weight is 340 g/mol. The molecule has 4 rings (SSSR count). The summed E-state index contributed by atoms with van der Waals surface area (Å²) in [6, 6.07) is 13.5. The second-order valence-electron chi connectivity index (χ2n) is 5.94. The lowest BCUT2D eigenvalue weighted by molar-refractivity contribution is 0.941. The van der Waals surface area contributed by atoms with Crippen LogP contribution in [0.1, 0.15) is 12.8 Å². The predicted molar refractivity (Wildman–Crippen MR) is 100 cm³/mol. The first-order chi connectivity index (χ1) is 11.7. The summed E-state index contributed by atoms with van der Waals surface area (Å²) in [6.07, 6.45) is 2.41. The molecule has 0 unspecified atom stereocenters. The smallest absolute Gasteiger partial charge is 0.229 e. The van der Waals surface area contributed by atoms with Gasteiger partial charge in [0.15, 0.2) is 0 Å². The van der Waals surface area contributed by atoms with Gasteiger partial charge in [-0.3, -0.25) is 0 Å². The Balaban J connectivity index is 1.76. The molecule has 3 aromatic rings. The highest BCUT2D eigenvalue weighted by Gasteiger charge is 2.18. The zero-order chi connectivity index (χ0) is 16.5. The highest BCUT2D eigenvalue weighted by Crippen LogP contribution is 2.29. The van der Waals surface area contributed by atoms with Gasteiger partial charge >= 0.3 is 0 Å². The number of hydrogen-bond donors (Lipinski definition) is 2. The fourth-order valence-electron chi connectivity index (χ4n) is 3.04. The van der Waals surface area contributed by atoms with Crippen molar-refractivity contribution in [2.75, 3.05) is 29.0 Å². The first-order valence-corrected chi connectivity index (χ1v) is 8.42. The molecule has 5 nitrogen and oxygen atoms in total. The maximum Gasteiger partial charge on any atom is 0.229 e. The minimum atomic E-state index is 0.530. The molecule has 0 atom stereocenters. The lowest BCUT2D eigenvalue weighted by Crippen LogP contribution is -2.20. The Bertz CT molecular complexity index is 890. The number of rotatable bonds is 3. The van der Waals surface area contributed by atoms with Crippen LogP contribution in [0.25, 0.3) is 10.9 Å². The average Bonchev–Trinajstić information content (AvgIpc) is 3.12. The molecule has 3 N–H and O–H groups in total. The summed E-state index contributed by atoms with van der Waals surface area (Å²) in [5, 5.41) is 4.86. The number of nitrogens with two attached hydrogens (primary N) is 1. The molecule has 1 fully saturated rings. The van der Waals surface area contributed by atoms with E-state index in [2.05, 4.69) is 21.3 Å². The van der Waals surface area contributed by atoms with Gasteiger partial charge in [0, 0.05) is 24.2 Å². The minimum absolute atomic E-state index is 0.530. The largest absolute Gasteiger partial charge is 0.397 e. The molecule has 0 aliphatic carbocycles. The van der Waals surface area contributed by atoms with Crippen molar-refractivity contribution in [2.45, 2.75) is 12.8 Å². The summed E-state index contributed by atoms with van der Waals surface area (Å²) in [6.45, 7) is 2.07. The SMILES string of the molecule is Nc1cc(Nc2nc(N3CCCC3)c3ccccc3n2)ccc1Cl. The lowest BCUT2D eigenvalue weighted by atomic mass is 10.2. The van der Waals surface area contributed by atoms with E-state index in [4.69, 9.17) is 22.3 Å². The van der Waals surface area contributed by atoms with E-state index in [-0.39, 0.29) is 0 Å². The molecule has 0 spiro atoms. The number of aromatic nitrogens is 2. The Labute approximate surface area is 145 Å². The molecule has 2 aromatic carbocycles. The number of para-hydroxylation sites is 1. The van der Waals surface area contributed by atoms with Crippen molar-refractivity contribution in [1.29, 1.82) is 0 Å². The Kier molecular flexibility index (Phi) is 3.86. The van der Waals surface area contributed by atoms with Crippen molar-refractivity contribution in [3.05, 3.63) is 47.5 Å². The van der Waals surface area contributed by atoms with Crippen LogP contribution in [0.5, 0.6) is 0 Å². The number of anilines is 4. The predicted octanol–water partition coefficient (Wildman–Crippen LogP) is 4.21. The van der Waals surface area contributed by atoms with E-state index in [0.29, 0.717) is 16.7 Å². The Morgan fingerprint density at radius 1 is 1.04 bits per heavy atom. The third-order valence-corrected chi connectivity index (χ3v) is 4.59. The molecule has 1 aliphatic heterocycles. The highest BCUT2D eigenvalue weighted by atomic mass is 35.5. The first-order valence-electron chi connectivity index (χ1n) is 8.04. The molecule has 0 radical (unpaired) electrons. The van der Waals surface area contributed by atoms with Gasteiger partial charge in [0.2, 0.25) is 5.95 Å².